The molecule has 0 aromatic heterocycles. The third-order valence-electron chi connectivity index (χ3n) is 10.8. The van der Waals surface area contributed by atoms with E-state index in [-0.39, 0.29) is 5.41 Å². The largest absolute Gasteiger partial charge is 0.310 e. The fourth-order valence-electron chi connectivity index (χ4n) is 8.08. The molecule has 0 saturated heterocycles. The SMILES string of the molecule is CCC1(CC)c2cc(/C=C/c3ccc(-c4cc(C)cc(-c5ccccc5)c4)cc3)ccc2-c2ccc(N(c3ccccc3)c3ccccc3)cc21. The van der Waals surface area contributed by atoms with Gasteiger partial charge in [0.15, 0.2) is 0 Å². The molecule has 0 heterocycles. The van der Waals surface area contributed by atoms with Gasteiger partial charge in [0.2, 0.25) is 0 Å². The second kappa shape index (κ2) is 13.8. The van der Waals surface area contributed by atoms with Crippen LogP contribution in [0.3, 0.4) is 0 Å². The summed E-state index contributed by atoms with van der Waals surface area (Å²) in [6, 6.07) is 62.0. The Bertz CT molecular complexity index is 2270. The average Bonchev–Trinajstić information content (AvgIpc) is 3.47. The molecule has 0 atom stereocenters. The van der Waals surface area contributed by atoms with Crippen LogP contribution in [0.15, 0.2) is 170 Å². The Morgan fingerprint density at radius 2 is 0.922 bits per heavy atom. The molecule has 0 unspecified atom stereocenters. The van der Waals surface area contributed by atoms with Crippen LogP contribution in [0.1, 0.15) is 54.5 Å². The van der Waals surface area contributed by atoms with Crippen molar-refractivity contribution in [2.45, 2.75) is 39.0 Å². The maximum absolute atomic E-state index is 2.45. The van der Waals surface area contributed by atoms with Gasteiger partial charge < -0.3 is 4.90 Å². The summed E-state index contributed by atoms with van der Waals surface area (Å²) in [4.78, 5) is 2.37. The zero-order chi connectivity index (χ0) is 34.8. The van der Waals surface area contributed by atoms with Crippen LogP contribution in [0.5, 0.6) is 0 Å². The minimum Gasteiger partial charge on any atom is -0.310 e. The highest BCUT2D eigenvalue weighted by molar-refractivity contribution is 5.87. The number of hydrogen-bond acceptors (Lipinski definition) is 1. The fourth-order valence-corrected chi connectivity index (χ4v) is 8.08. The first kappa shape index (κ1) is 32.3. The number of para-hydroxylation sites is 2. The molecule has 51 heavy (non-hydrogen) atoms. The summed E-state index contributed by atoms with van der Waals surface area (Å²) in [5.74, 6) is 0. The average molecular weight is 658 g/mol. The van der Waals surface area contributed by atoms with Crippen molar-refractivity contribution in [3.05, 3.63) is 198 Å². The van der Waals surface area contributed by atoms with Crippen LogP contribution in [-0.4, -0.2) is 0 Å². The lowest BCUT2D eigenvalue weighted by molar-refractivity contribution is 0.490. The van der Waals surface area contributed by atoms with Crippen molar-refractivity contribution in [2.24, 2.45) is 0 Å². The number of anilines is 3. The van der Waals surface area contributed by atoms with Crippen molar-refractivity contribution in [3.8, 4) is 33.4 Å². The highest BCUT2D eigenvalue weighted by Gasteiger charge is 2.41. The van der Waals surface area contributed by atoms with Gasteiger partial charge in [0.1, 0.15) is 0 Å². The second-order valence-corrected chi connectivity index (χ2v) is 13.7. The Morgan fingerprint density at radius 1 is 0.431 bits per heavy atom. The van der Waals surface area contributed by atoms with Crippen LogP contribution >= 0.6 is 0 Å². The molecule has 248 valence electrons. The second-order valence-electron chi connectivity index (χ2n) is 13.7. The van der Waals surface area contributed by atoms with Crippen molar-refractivity contribution in [2.75, 3.05) is 4.90 Å². The van der Waals surface area contributed by atoms with Gasteiger partial charge in [-0.05, 0) is 123 Å². The van der Waals surface area contributed by atoms with E-state index in [1.807, 2.05) is 0 Å². The maximum atomic E-state index is 2.45. The van der Waals surface area contributed by atoms with Gasteiger partial charge in [0.05, 0.1) is 0 Å². The summed E-state index contributed by atoms with van der Waals surface area (Å²) in [5.41, 5.74) is 17.7. The van der Waals surface area contributed by atoms with E-state index in [1.165, 1.54) is 66.9 Å². The first-order valence-corrected chi connectivity index (χ1v) is 18.2. The van der Waals surface area contributed by atoms with Crippen LogP contribution in [0, 0.1) is 6.92 Å². The number of rotatable bonds is 9. The van der Waals surface area contributed by atoms with E-state index < -0.39 is 0 Å². The third kappa shape index (κ3) is 6.10. The molecular weight excluding hydrogens is 615 g/mol. The van der Waals surface area contributed by atoms with Crippen LogP contribution in [0.4, 0.5) is 17.1 Å². The van der Waals surface area contributed by atoms with Crippen molar-refractivity contribution in [1.29, 1.82) is 0 Å². The lowest BCUT2D eigenvalue weighted by atomic mass is 9.73. The lowest BCUT2D eigenvalue weighted by Gasteiger charge is -2.32. The predicted molar refractivity (Wildman–Crippen MR) is 219 cm³/mol. The van der Waals surface area contributed by atoms with E-state index >= 15 is 0 Å². The van der Waals surface area contributed by atoms with Gasteiger partial charge in [-0.1, -0.05) is 153 Å². The minimum absolute atomic E-state index is 0.0440. The van der Waals surface area contributed by atoms with Gasteiger partial charge in [-0.2, -0.15) is 0 Å². The summed E-state index contributed by atoms with van der Waals surface area (Å²) >= 11 is 0. The lowest BCUT2D eigenvalue weighted by Crippen LogP contribution is -2.23. The fraction of sp³-hybridized carbons (Fsp3) is 0.120. The van der Waals surface area contributed by atoms with Crippen LogP contribution < -0.4 is 4.90 Å². The molecule has 0 radical (unpaired) electrons. The zero-order valence-corrected chi connectivity index (χ0v) is 29.7. The molecular formula is C50H43N. The molecule has 0 aliphatic heterocycles. The van der Waals surface area contributed by atoms with E-state index in [0.717, 1.165) is 24.2 Å². The van der Waals surface area contributed by atoms with E-state index in [0.29, 0.717) is 0 Å². The van der Waals surface area contributed by atoms with Gasteiger partial charge in [0.25, 0.3) is 0 Å². The quantitative estimate of drug-likeness (QED) is 0.140. The van der Waals surface area contributed by atoms with Crippen molar-refractivity contribution < 1.29 is 0 Å². The standard InChI is InChI=1S/C50H43N/c1-4-50(5-2)48-33-38(22-21-37-23-26-40(27-24-37)42-32-36(3)31-41(34-42)39-15-9-6-10-16-39)25-29-46(48)47-30-28-45(35-49(47)50)51(43-17-11-7-12-18-43)44-19-13-8-14-20-44/h6-35H,4-5H2,1-3H3/b22-21+. The predicted octanol–water partition coefficient (Wildman–Crippen LogP) is 14.1. The Morgan fingerprint density at radius 3 is 1.51 bits per heavy atom. The van der Waals surface area contributed by atoms with Crippen LogP contribution in [0.2, 0.25) is 0 Å². The molecule has 7 aromatic carbocycles. The number of benzene rings is 7. The van der Waals surface area contributed by atoms with Gasteiger partial charge in [-0.15, -0.1) is 0 Å². The molecule has 1 aliphatic rings. The third-order valence-corrected chi connectivity index (χ3v) is 10.8. The van der Waals surface area contributed by atoms with Crippen molar-refractivity contribution in [1.82, 2.24) is 0 Å². The monoisotopic (exact) mass is 657 g/mol. The summed E-state index contributed by atoms with van der Waals surface area (Å²) in [7, 11) is 0. The highest BCUT2D eigenvalue weighted by atomic mass is 15.1. The molecule has 0 N–H and O–H groups in total. The van der Waals surface area contributed by atoms with Gasteiger partial charge in [-0.25, -0.2) is 0 Å². The highest BCUT2D eigenvalue weighted by Crippen LogP contribution is 2.54. The van der Waals surface area contributed by atoms with E-state index in [1.54, 1.807) is 0 Å². The Hall–Kier alpha value is -5.92. The topological polar surface area (TPSA) is 3.24 Å². The minimum atomic E-state index is -0.0440. The van der Waals surface area contributed by atoms with Gasteiger partial charge in [0, 0.05) is 22.5 Å². The van der Waals surface area contributed by atoms with Crippen molar-refractivity contribution >= 4 is 29.2 Å². The molecule has 0 amide bonds. The summed E-state index contributed by atoms with van der Waals surface area (Å²) in [5, 5.41) is 0. The number of aryl methyl sites for hydroxylation is 1. The van der Waals surface area contributed by atoms with E-state index in [9.17, 15) is 0 Å². The first-order chi connectivity index (χ1) is 25.1. The molecule has 8 rings (SSSR count). The molecule has 0 saturated carbocycles. The van der Waals surface area contributed by atoms with Gasteiger partial charge in [-0.3, -0.25) is 0 Å². The molecule has 1 nitrogen and oxygen atoms in total. The smallest absolute Gasteiger partial charge is 0.0465 e. The Kier molecular flexibility index (Phi) is 8.72. The van der Waals surface area contributed by atoms with E-state index in [4.69, 9.17) is 0 Å². The Balaban J connectivity index is 1.09. The molecule has 0 bridgehead atoms. The van der Waals surface area contributed by atoms with E-state index in [2.05, 4.69) is 208 Å². The van der Waals surface area contributed by atoms with Crippen molar-refractivity contribution in [3.63, 3.8) is 0 Å². The first-order valence-electron chi connectivity index (χ1n) is 18.2. The summed E-state index contributed by atoms with van der Waals surface area (Å²) < 4.78 is 0. The maximum Gasteiger partial charge on any atom is 0.0465 e. The summed E-state index contributed by atoms with van der Waals surface area (Å²) in [6.07, 6.45) is 6.60. The van der Waals surface area contributed by atoms with Gasteiger partial charge >= 0.3 is 0 Å². The Labute approximate surface area is 303 Å². The molecule has 1 aliphatic carbocycles. The number of fused-ring (bicyclic) bond motifs is 3. The molecule has 1 heteroatoms. The number of hydrogen-bond donors (Lipinski definition) is 0. The van der Waals surface area contributed by atoms with Crippen LogP contribution in [-0.2, 0) is 5.41 Å². The summed E-state index contributed by atoms with van der Waals surface area (Å²) in [6.45, 7) is 6.88. The molecule has 0 fully saturated rings. The number of nitrogens with zero attached hydrogens (tertiary/aromatic N) is 1. The normalized spacial score (nSPS) is 12.8. The zero-order valence-electron chi connectivity index (χ0n) is 29.7. The van der Waals surface area contributed by atoms with Crippen LogP contribution in [0.25, 0.3) is 45.5 Å². The molecule has 0 spiro atoms. The molecule has 7 aromatic rings.